The molecule has 0 bridgehead atoms. The maximum absolute atomic E-state index is 12.8. The molecule has 3 nitrogen and oxygen atoms in total. The summed E-state index contributed by atoms with van der Waals surface area (Å²) < 4.78 is 43.8. The number of rotatable bonds is 7. The number of hydrogen-bond acceptors (Lipinski definition) is 3. The van der Waals surface area contributed by atoms with E-state index in [4.69, 9.17) is 4.74 Å². The molecule has 0 spiro atoms. The molecule has 0 aliphatic rings. The fourth-order valence-electron chi connectivity index (χ4n) is 1.31. The predicted molar refractivity (Wildman–Crippen MR) is 71.1 cm³/mol. The largest absolute Gasteiger partial charge is 0.419 e. The summed E-state index contributed by atoms with van der Waals surface area (Å²) in [5, 5.41) is 2.62. The highest BCUT2D eigenvalue weighted by atomic mass is 79.9. The minimum Gasteiger partial charge on any atom is -0.379 e. The van der Waals surface area contributed by atoms with Crippen molar-refractivity contribution in [3.63, 3.8) is 0 Å². The van der Waals surface area contributed by atoms with Gasteiger partial charge in [0.15, 0.2) is 0 Å². The zero-order valence-corrected chi connectivity index (χ0v) is 11.7. The first-order valence-corrected chi connectivity index (χ1v) is 6.39. The summed E-state index contributed by atoms with van der Waals surface area (Å²) in [4.78, 5) is 3.73. The highest BCUT2D eigenvalue weighted by Gasteiger charge is 2.34. The Bertz CT molecular complexity index is 424. The van der Waals surface area contributed by atoms with Gasteiger partial charge in [-0.2, -0.15) is 13.2 Å². The topological polar surface area (TPSA) is 34.1 Å². The maximum atomic E-state index is 12.8. The number of aromatic nitrogens is 1. The molecule has 0 fully saturated rings. The van der Waals surface area contributed by atoms with Crippen molar-refractivity contribution in [2.24, 2.45) is 0 Å². The van der Waals surface area contributed by atoms with Gasteiger partial charge in [0.2, 0.25) is 0 Å². The number of pyridine rings is 1. The SMILES string of the molecule is C=CCCOCCNc1ncc(Br)cc1C(F)(F)F. The molecule has 1 N–H and O–H groups in total. The first-order valence-electron chi connectivity index (χ1n) is 5.60. The molecule has 0 saturated carbocycles. The number of alkyl halides is 3. The van der Waals surface area contributed by atoms with Crippen LogP contribution in [0.15, 0.2) is 29.4 Å². The molecule has 1 rings (SSSR count). The fourth-order valence-corrected chi connectivity index (χ4v) is 1.64. The van der Waals surface area contributed by atoms with Crippen LogP contribution in [0.4, 0.5) is 19.0 Å². The lowest BCUT2D eigenvalue weighted by atomic mass is 10.2. The highest BCUT2D eigenvalue weighted by Crippen LogP contribution is 2.35. The molecule has 19 heavy (non-hydrogen) atoms. The van der Waals surface area contributed by atoms with Gasteiger partial charge < -0.3 is 10.1 Å². The van der Waals surface area contributed by atoms with Crippen molar-refractivity contribution in [2.45, 2.75) is 12.6 Å². The molecule has 0 aromatic carbocycles. The molecule has 0 radical (unpaired) electrons. The van der Waals surface area contributed by atoms with Gasteiger partial charge in [0.25, 0.3) is 0 Å². The second-order valence-corrected chi connectivity index (χ2v) is 4.58. The van der Waals surface area contributed by atoms with Crippen molar-refractivity contribution in [1.29, 1.82) is 0 Å². The van der Waals surface area contributed by atoms with Gasteiger partial charge in [-0.3, -0.25) is 0 Å². The standard InChI is InChI=1S/C12H14BrF3N2O/c1-2-3-5-19-6-4-17-11-10(12(14,15)16)7-9(13)8-18-11/h2,7-8H,1,3-6H2,(H,17,18). The van der Waals surface area contributed by atoms with Crippen LogP contribution in [0, 0.1) is 0 Å². The molecule has 7 heteroatoms. The van der Waals surface area contributed by atoms with Gasteiger partial charge in [-0.15, -0.1) is 6.58 Å². The third-order valence-electron chi connectivity index (χ3n) is 2.16. The van der Waals surface area contributed by atoms with Crippen LogP contribution < -0.4 is 5.32 Å². The Hall–Kier alpha value is -1.08. The van der Waals surface area contributed by atoms with Crippen molar-refractivity contribution in [2.75, 3.05) is 25.1 Å². The zero-order chi connectivity index (χ0) is 14.3. The molecule has 0 amide bonds. The summed E-state index contributed by atoms with van der Waals surface area (Å²) >= 11 is 2.97. The van der Waals surface area contributed by atoms with Crippen LogP contribution in [0.25, 0.3) is 0 Å². The number of halogens is 4. The van der Waals surface area contributed by atoms with E-state index in [0.29, 0.717) is 19.6 Å². The molecule has 0 aliphatic carbocycles. The zero-order valence-electron chi connectivity index (χ0n) is 10.1. The van der Waals surface area contributed by atoms with Crippen molar-refractivity contribution in [3.8, 4) is 0 Å². The summed E-state index contributed by atoms with van der Waals surface area (Å²) in [6.45, 7) is 4.61. The number of anilines is 1. The van der Waals surface area contributed by atoms with Crippen LogP contribution in [0.1, 0.15) is 12.0 Å². The fraction of sp³-hybridized carbons (Fsp3) is 0.417. The van der Waals surface area contributed by atoms with Crippen LogP contribution in [-0.2, 0) is 10.9 Å². The van der Waals surface area contributed by atoms with E-state index in [1.54, 1.807) is 6.08 Å². The quantitative estimate of drug-likeness (QED) is 0.605. The molecule has 0 saturated heterocycles. The van der Waals surface area contributed by atoms with Gasteiger partial charge in [-0.1, -0.05) is 6.08 Å². The lowest BCUT2D eigenvalue weighted by molar-refractivity contribution is -0.137. The Morgan fingerprint density at radius 2 is 2.16 bits per heavy atom. The monoisotopic (exact) mass is 338 g/mol. The average molecular weight is 339 g/mol. The second-order valence-electron chi connectivity index (χ2n) is 3.66. The number of nitrogens with one attached hydrogen (secondary N) is 1. The smallest absolute Gasteiger partial charge is 0.379 e. The molecule has 0 aliphatic heterocycles. The Labute approximate surface area is 118 Å². The normalized spacial score (nSPS) is 11.4. The lowest BCUT2D eigenvalue weighted by Gasteiger charge is -2.13. The molecular formula is C12H14BrF3N2O. The van der Waals surface area contributed by atoms with E-state index in [0.717, 1.165) is 6.07 Å². The van der Waals surface area contributed by atoms with E-state index in [-0.39, 0.29) is 16.8 Å². The average Bonchev–Trinajstić information content (AvgIpc) is 2.34. The Balaban J connectivity index is 2.56. The van der Waals surface area contributed by atoms with Gasteiger partial charge >= 0.3 is 6.18 Å². The van der Waals surface area contributed by atoms with Crippen LogP contribution in [0.3, 0.4) is 0 Å². The van der Waals surface area contributed by atoms with Gasteiger partial charge in [-0.25, -0.2) is 4.98 Å². The first kappa shape index (κ1) is 16.0. The molecule has 0 atom stereocenters. The van der Waals surface area contributed by atoms with Crippen LogP contribution in [-0.4, -0.2) is 24.7 Å². The molecule has 0 unspecified atom stereocenters. The van der Waals surface area contributed by atoms with Gasteiger partial charge in [0, 0.05) is 17.2 Å². The third-order valence-corrected chi connectivity index (χ3v) is 2.60. The van der Waals surface area contributed by atoms with Crippen molar-refractivity contribution in [3.05, 3.63) is 35.0 Å². The maximum Gasteiger partial charge on any atom is 0.419 e. The first-order chi connectivity index (χ1) is 8.95. The minimum absolute atomic E-state index is 0.192. The lowest BCUT2D eigenvalue weighted by Crippen LogP contribution is -2.16. The second kappa shape index (κ2) is 7.49. The van der Waals surface area contributed by atoms with E-state index >= 15 is 0 Å². The van der Waals surface area contributed by atoms with Crippen molar-refractivity contribution >= 4 is 21.7 Å². The van der Waals surface area contributed by atoms with E-state index in [1.165, 1.54) is 6.20 Å². The summed E-state index contributed by atoms with van der Waals surface area (Å²) in [6, 6.07) is 0.994. The molecular weight excluding hydrogens is 325 g/mol. The molecule has 1 heterocycles. The van der Waals surface area contributed by atoms with Crippen molar-refractivity contribution < 1.29 is 17.9 Å². The summed E-state index contributed by atoms with van der Waals surface area (Å²) in [7, 11) is 0. The summed E-state index contributed by atoms with van der Waals surface area (Å²) in [5.74, 6) is -0.192. The Morgan fingerprint density at radius 1 is 1.42 bits per heavy atom. The van der Waals surface area contributed by atoms with Gasteiger partial charge in [-0.05, 0) is 28.4 Å². The highest BCUT2D eigenvalue weighted by molar-refractivity contribution is 9.10. The van der Waals surface area contributed by atoms with Crippen LogP contribution in [0.2, 0.25) is 0 Å². The van der Waals surface area contributed by atoms with Gasteiger partial charge in [0.05, 0.1) is 18.8 Å². The van der Waals surface area contributed by atoms with Crippen LogP contribution >= 0.6 is 15.9 Å². The summed E-state index contributed by atoms with van der Waals surface area (Å²) in [5.41, 5.74) is -0.798. The predicted octanol–water partition coefficient (Wildman–Crippen LogP) is 3.87. The van der Waals surface area contributed by atoms with E-state index in [2.05, 4.69) is 32.8 Å². The Morgan fingerprint density at radius 3 is 2.79 bits per heavy atom. The van der Waals surface area contributed by atoms with Gasteiger partial charge in [0.1, 0.15) is 5.82 Å². The molecule has 1 aromatic heterocycles. The van der Waals surface area contributed by atoms with Crippen molar-refractivity contribution in [1.82, 2.24) is 4.98 Å². The van der Waals surface area contributed by atoms with E-state index < -0.39 is 11.7 Å². The number of ether oxygens (including phenoxy) is 1. The minimum atomic E-state index is -4.44. The van der Waals surface area contributed by atoms with E-state index in [1.807, 2.05) is 0 Å². The Kier molecular flexibility index (Phi) is 6.30. The molecule has 1 aromatic rings. The molecule has 106 valence electrons. The summed E-state index contributed by atoms with van der Waals surface area (Å²) in [6.07, 6.45) is -0.700. The number of hydrogen-bond donors (Lipinski definition) is 1. The van der Waals surface area contributed by atoms with Crippen LogP contribution in [0.5, 0.6) is 0 Å². The third kappa shape index (κ3) is 5.61. The number of nitrogens with zero attached hydrogens (tertiary/aromatic N) is 1. The van der Waals surface area contributed by atoms with E-state index in [9.17, 15) is 13.2 Å².